The number of hydrogen-bond acceptors (Lipinski definition) is 4. The largest absolute Gasteiger partial charge is 0.450 e. The number of rotatable bonds is 7. The van der Waals surface area contributed by atoms with Crippen molar-refractivity contribution in [3.8, 4) is 0 Å². The van der Waals surface area contributed by atoms with Crippen molar-refractivity contribution in [1.82, 2.24) is 25.1 Å². The van der Waals surface area contributed by atoms with E-state index in [4.69, 9.17) is 9.73 Å². The molecule has 2 aromatic rings. The van der Waals surface area contributed by atoms with E-state index < -0.39 is 0 Å². The number of carbonyl (C=O) groups is 1. The van der Waals surface area contributed by atoms with E-state index >= 15 is 0 Å². The summed E-state index contributed by atoms with van der Waals surface area (Å²) in [5.41, 5.74) is 2.22. The molecule has 1 aliphatic rings. The lowest BCUT2D eigenvalue weighted by Gasteiger charge is -2.32. The summed E-state index contributed by atoms with van der Waals surface area (Å²) in [6.45, 7) is 10.3. The Kier molecular flexibility index (Phi) is 7.93. The maximum Gasteiger partial charge on any atom is 0.409 e. The number of likely N-dealkylation sites (tertiary alicyclic amines) is 1. The minimum Gasteiger partial charge on any atom is -0.450 e. The van der Waals surface area contributed by atoms with Gasteiger partial charge in [0.15, 0.2) is 5.96 Å². The first kappa shape index (κ1) is 21.9. The zero-order valence-corrected chi connectivity index (χ0v) is 18.4. The number of carbonyl (C=O) groups excluding carboxylic acids is 1. The number of para-hydroxylation sites is 2. The lowest BCUT2D eigenvalue weighted by molar-refractivity contribution is 0.0963. The van der Waals surface area contributed by atoms with Crippen molar-refractivity contribution in [2.45, 2.75) is 52.6 Å². The standard InChI is InChI=1S/C22H34N6O2/c1-4-23-21(26-18-11-15-27(16-12-18)22(29)30-5-2)24-13-8-14-28-17(3)25-19-9-6-7-10-20(19)28/h6-7,9-10,18H,4-5,8,11-16H2,1-3H3,(H2,23,24,26). The van der Waals surface area contributed by atoms with Gasteiger partial charge < -0.3 is 24.8 Å². The smallest absolute Gasteiger partial charge is 0.409 e. The van der Waals surface area contributed by atoms with Gasteiger partial charge in [-0.2, -0.15) is 0 Å². The number of aromatic nitrogens is 2. The number of aryl methyl sites for hydroxylation is 2. The number of guanidine groups is 1. The van der Waals surface area contributed by atoms with Crippen LogP contribution in [-0.4, -0.2) is 65.3 Å². The Morgan fingerprint density at radius 2 is 2.03 bits per heavy atom. The van der Waals surface area contributed by atoms with Crippen molar-refractivity contribution in [1.29, 1.82) is 0 Å². The molecule has 1 amide bonds. The van der Waals surface area contributed by atoms with Gasteiger partial charge in [0, 0.05) is 38.8 Å². The van der Waals surface area contributed by atoms with Gasteiger partial charge in [0.1, 0.15) is 5.82 Å². The van der Waals surface area contributed by atoms with Crippen molar-refractivity contribution in [3.05, 3.63) is 30.1 Å². The fraction of sp³-hybridized carbons (Fsp3) is 0.591. The third kappa shape index (κ3) is 5.64. The van der Waals surface area contributed by atoms with Crippen LogP contribution in [0.1, 0.15) is 38.9 Å². The second-order valence-electron chi connectivity index (χ2n) is 7.52. The van der Waals surface area contributed by atoms with Crippen LogP contribution in [0.15, 0.2) is 29.3 Å². The summed E-state index contributed by atoms with van der Waals surface area (Å²) in [6.07, 6.45) is 2.52. The fourth-order valence-corrected chi connectivity index (χ4v) is 3.83. The Morgan fingerprint density at radius 1 is 1.27 bits per heavy atom. The predicted molar refractivity (Wildman–Crippen MR) is 120 cm³/mol. The molecule has 8 nitrogen and oxygen atoms in total. The first-order chi connectivity index (χ1) is 14.6. The molecule has 0 unspecified atom stereocenters. The Hall–Kier alpha value is -2.77. The summed E-state index contributed by atoms with van der Waals surface area (Å²) in [5, 5.41) is 6.86. The Labute approximate surface area is 178 Å². The number of nitrogens with one attached hydrogen (secondary N) is 2. The van der Waals surface area contributed by atoms with Gasteiger partial charge in [-0.15, -0.1) is 0 Å². The summed E-state index contributed by atoms with van der Waals surface area (Å²) < 4.78 is 7.35. The van der Waals surface area contributed by atoms with Crippen molar-refractivity contribution in [2.75, 3.05) is 32.8 Å². The molecule has 164 valence electrons. The van der Waals surface area contributed by atoms with Gasteiger partial charge in [-0.25, -0.2) is 9.78 Å². The average molecular weight is 415 g/mol. The van der Waals surface area contributed by atoms with Gasteiger partial charge in [0.25, 0.3) is 0 Å². The van der Waals surface area contributed by atoms with Crippen LogP contribution < -0.4 is 10.6 Å². The highest BCUT2D eigenvalue weighted by atomic mass is 16.6. The van der Waals surface area contributed by atoms with E-state index in [9.17, 15) is 4.79 Å². The van der Waals surface area contributed by atoms with Gasteiger partial charge in [0.05, 0.1) is 17.6 Å². The zero-order chi connectivity index (χ0) is 21.3. The van der Waals surface area contributed by atoms with Crippen LogP contribution in [0.3, 0.4) is 0 Å². The number of benzene rings is 1. The summed E-state index contributed by atoms with van der Waals surface area (Å²) in [5.74, 6) is 1.89. The Balaban J connectivity index is 1.49. The highest BCUT2D eigenvalue weighted by Crippen LogP contribution is 2.16. The number of hydrogen-bond donors (Lipinski definition) is 2. The summed E-state index contributed by atoms with van der Waals surface area (Å²) in [4.78, 5) is 23.0. The maximum absolute atomic E-state index is 11.8. The van der Waals surface area contributed by atoms with Crippen molar-refractivity contribution in [3.63, 3.8) is 0 Å². The van der Waals surface area contributed by atoms with E-state index in [1.54, 1.807) is 4.90 Å². The molecule has 1 aromatic carbocycles. The third-order valence-electron chi connectivity index (χ3n) is 5.36. The molecule has 1 aromatic heterocycles. The van der Waals surface area contributed by atoms with Crippen molar-refractivity contribution >= 4 is 23.1 Å². The van der Waals surface area contributed by atoms with E-state index in [1.165, 1.54) is 5.52 Å². The summed E-state index contributed by atoms with van der Waals surface area (Å²) >= 11 is 0. The highest BCUT2D eigenvalue weighted by molar-refractivity contribution is 5.80. The number of piperidine rings is 1. The fourth-order valence-electron chi connectivity index (χ4n) is 3.83. The van der Waals surface area contributed by atoms with E-state index in [1.807, 2.05) is 13.0 Å². The van der Waals surface area contributed by atoms with E-state index in [-0.39, 0.29) is 6.09 Å². The number of fused-ring (bicyclic) bond motifs is 1. The lowest BCUT2D eigenvalue weighted by Crippen LogP contribution is -2.49. The normalized spacial score (nSPS) is 15.4. The summed E-state index contributed by atoms with van der Waals surface area (Å²) in [7, 11) is 0. The van der Waals surface area contributed by atoms with E-state index in [2.05, 4.69) is 52.2 Å². The molecule has 2 heterocycles. The Bertz CT molecular complexity index is 854. The average Bonchev–Trinajstić information content (AvgIpc) is 3.07. The van der Waals surface area contributed by atoms with Crippen LogP contribution in [0.2, 0.25) is 0 Å². The molecule has 1 aliphatic heterocycles. The van der Waals surface area contributed by atoms with Gasteiger partial charge in [-0.3, -0.25) is 4.99 Å². The number of ether oxygens (including phenoxy) is 1. The minimum absolute atomic E-state index is 0.209. The van der Waals surface area contributed by atoms with E-state index in [0.29, 0.717) is 25.7 Å². The van der Waals surface area contributed by atoms with Gasteiger partial charge in [-0.05, 0) is 52.2 Å². The molecule has 30 heavy (non-hydrogen) atoms. The molecule has 1 saturated heterocycles. The molecule has 0 atom stereocenters. The zero-order valence-electron chi connectivity index (χ0n) is 18.4. The topological polar surface area (TPSA) is 83.8 Å². The van der Waals surface area contributed by atoms with Crippen LogP contribution in [0.5, 0.6) is 0 Å². The molecular formula is C22H34N6O2. The first-order valence-electron chi connectivity index (χ1n) is 11.0. The SMILES string of the molecule is CCNC(=NCCCn1c(C)nc2ccccc21)NC1CCN(C(=O)OCC)CC1. The van der Waals surface area contributed by atoms with E-state index in [0.717, 1.165) is 56.2 Å². The quantitative estimate of drug-likeness (QED) is 0.413. The van der Waals surface area contributed by atoms with Gasteiger partial charge in [0.2, 0.25) is 0 Å². The predicted octanol–water partition coefficient (Wildman–Crippen LogP) is 2.91. The minimum atomic E-state index is -0.209. The molecular weight excluding hydrogens is 380 g/mol. The molecule has 0 aliphatic carbocycles. The van der Waals surface area contributed by atoms with Gasteiger partial charge in [-0.1, -0.05) is 12.1 Å². The van der Waals surface area contributed by atoms with Crippen LogP contribution in [0.25, 0.3) is 11.0 Å². The molecule has 0 radical (unpaired) electrons. The molecule has 1 fully saturated rings. The first-order valence-corrected chi connectivity index (χ1v) is 11.0. The molecule has 2 N–H and O–H groups in total. The second kappa shape index (κ2) is 10.8. The van der Waals surface area contributed by atoms with Crippen molar-refractivity contribution < 1.29 is 9.53 Å². The molecule has 8 heteroatoms. The molecule has 0 bridgehead atoms. The van der Waals surface area contributed by atoms with Crippen LogP contribution in [0.4, 0.5) is 4.79 Å². The molecule has 0 spiro atoms. The Morgan fingerprint density at radius 3 is 2.77 bits per heavy atom. The number of aliphatic imine (C=N–C) groups is 1. The third-order valence-corrected chi connectivity index (χ3v) is 5.36. The monoisotopic (exact) mass is 414 g/mol. The van der Waals surface area contributed by atoms with Crippen LogP contribution in [-0.2, 0) is 11.3 Å². The second-order valence-corrected chi connectivity index (χ2v) is 7.52. The van der Waals surface area contributed by atoms with Crippen molar-refractivity contribution in [2.24, 2.45) is 4.99 Å². The number of nitrogens with zero attached hydrogens (tertiary/aromatic N) is 4. The van der Waals surface area contributed by atoms with Crippen LogP contribution in [0, 0.1) is 6.92 Å². The summed E-state index contributed by atoms with van der Waals surface area (Å²) in [6, 6.07) is 8.56. The van der Waals surface area contributed by atoms with Gasteiger partial charge >= 0.3 is 6.09 Å². The molecule has 0 saturated carbocycles. The van der Waals surface area contributed by atoms with Crippen LogP contribution >= 0.6 is 0 Å². The maximum atomic E-state index is 11.8. The number of amides is 1. The molecule has 3 rings (SSSR count). The number of imidazole rings is 1. The highest BCUT2D eigenvalue weighted by Gasteiger charge is 2.24. The lowest BCUT2D eigenvalue weighted by atomic mass is 10.1.